The molecule has 0 spiro atoms. The molecule has 0 aliphatic carbocycles. The molecule has 1 aromatic carbocycles. The molecule has 1 aromatic heterocycles. The van der Waals surface area contributed by atoms with Crippen LogP contribution in [0.5, 0.6) is 0 Å². The van der Waals surface area contributed by atoms with E-state index in [0.717, 1.165) is 5.69 Å². The van der Waals surface area contributed by atoms with Crippen LogP contribution >= 0.6 is 0 Å². The quantitative estimate of drug-likeness (QED) is 0.911. The Kier molecular flexibility index (Phi) is 3.29. The van der Waals surface area contributed by atoms with E-state index in [0.29, 0.717) is 5.82 Å². The fourth-order valence-electron chi connectivity index (χ4n) is 1.47. The first kappa shape index (κ1) is 12.5. The lowest BCUT2D eigenvalue weighted by Crippen LogP contribution is -2.04. The van der Waals surface area contributed by atoms with Crippen molar-refractivity contribution in [2.24, 2.45) is 0 Å². The molecule has 0 fully saturated rings. The van der Waals surface area contributed by atoms with Crippen molar-refractivity contribution < 1.29 is 8.42 Å². The van der Waals surface area contributed by atoms with Crippen LogP contribution in [-0.2, 0) is 9.84 Å². The Morgan fingerprint density at radius 3 is 2.39 bits per heavy atom. The van der Waals surface area contributed by atoms with Crippen LogP contribution in [-0.4, -0.2) is 25.4 Å². The summed E-state index contributed by atoms with van der Waals surface area (Å²) in [5.74, 6) is 0.540. The highest BCUT2D eigenvalue weighted by Crippen LogP contribution is 2.22. The molecule has 0 bridgehead atoms. The SMILES string of the molecule is CNc1cccc(S(=O)(=O)c2cnc(C)nc2)c1. The highest BCUT2D eigenvalue weighted by Gasteiger charge is 2.18. The topological polar surface area (TPSA) is 72.0 Å². The molecule has 94 valence electrons. The summed E-state index contributed by atoms with van der Waals surface area (Å²) in [4.78, 5) is 8.14. The normalized spacial score (nSPS) is 11.2. The zero-order valence-corrected chi connectivity index (χ0v) is 10.9. The average Bonchev–Trinajstić information content (AvgIpc) is 2.39. The van der Waals surface area contributed by atoms with Crippen molar-refractivity contribution in [3.63, 3.8) is 0 Å². The molecule has 1 heterocycles. The summed E-state index contributed by atoms with van der Waals surface area (Å²) in [5, 5.41) is 2.90. The minimum absolute atomic E-state index is 0.0985. The van der Waals surface area contributed by atoms with Crippen molar-refractivity contribution in [3.8, 4) is 0 Å². The third-order valence-corrected chi connectivity index (χ3v) is 4.21. The number of aryl methyl sites for hydroxylation is 1. The molecule has 0 atom stereocenters. The molecule has 0 saturated carbocycles. The van der Waals surface area contributed by atoms with E-state index in [1.165, 1.54) is 12.4 Å². The summed E-state index contributed by atoms with van der Waals surface area (Å²) in [6.45, 7) is 1.71. The molecule has 0 saturated heterocycles. The van der Waals surface area contributed by atoms with Crippen LogP contribution in [0.1, 0.15) is 5.82 Å². The lowest BCUT2D eigenvalue weighted by molar-refractivity contribution is 0.595. The summed E-state index contributed by atoms with van der Waals surface area (Å²) in [7, 11) is -1.82. The van der Waals surface area contributed by atoms with E-state index in [4.69, 9.17) is 0 Å². The summed E-state index contributed by atoms with van der Waals surface area (Å²) >= 11 is 0. The van der Waals surface area contributed by atoms with Gasteiger partial charge in [-0.1, -0.05) is 6.07 Å². The Labute approximate surface area is 106 Å². The van der Waals surface area contributed by atoms with Crippen LogP contribution in [0.25, 0.3) is 0 Å². The molecule has 5 nitrogen and oxygen atoms in total. The molecule has 0 aliphatic heterocycles. The predicted octanol–water partition coefficient (Wildman–Crippen LogP) is 1.66. The smallest absolute Gasteiger partial charge is 0.209 e. The zero-order valence-electron chi connectivity index (χ0n) is 10.1. The minimum Gasteiger partial charge on any atom is -0.388 e. The first-order valence-electron chi connectivity index (χ1n) is 5.35. The number of sulfone groups is 1. The molecule has 2 rings (SSSR count). The fraction of sp³-hybridized carbons (Fsp3) is 0.167. The zero-order chi connectivity index (χ0) is 13.2. The van der Waals surface area contributed by atoms with Gasteiger partial charge in [0, 0.05) is 25.1 Å². The number of anilines is 1. The Hall–Kier alpha value is -1.95. The minimum atomic E-state index is -3.55. The van der Waals surface area contributed by atoms with Gasteiger partial charge in [0.1, 0.15) is 10.7 Å². The highest BCUT2D eigenvalue weighted by atomic mass is 32.2. The molecule has 6 heteroatoms. The maximum absolute atomic E-state index is 12.3. The predicted molar refractivity (Wildman–Crippen MR) is 68.2 cm³/mol. The van der Waals surface area contributed by atoms with Crippen molar-refractivity contribution >= 4 is 15.5 Å². The molecule has 0 amide bonds. The lowest BCUT2D eigenvalue weighted by Gasteiger charge is -2.06. The number of benzene rings is 1. The van der Waals surface area contributed by atoms with E-state index in [2.05, 4.69) is 15.3 Å². The van der Waals surface area contributed by atoms with Crippen LogP contribution in [0.15, 0.2) is 46.5 Å². The Morgan fingerprint density at radius 2 is 1.78 bits per heavy atom. The van der Waals surface area contributed by atoms with Crippen molar-refractivity contribution in [2.75, 3.05) is 12.4 Å². The molecule has 1 N–H and O–H groups in total. The summed E-state index contributed by atoms with van der Waals surface area (Å²) < 4.78 is 24.6. The Balaban J connectivity index is 2.50. The van der Waals surface area contributed by atoms with E-state index in [9.17, 15) is 8.42 Å². The van der Waals surface area contributed by atoms with Crippen LogP contribution in [0.2, 0.25) is 0 Å². The van der Waals surface area contributed by atoms with Gasteiger partial charge in [0.05, 0.1) is 4.90 Å². The Bertz CT molecular complexity index is 651. The molecule has 0 radical (unpaired) electrons. The molecule has 0 aliphatic rings. The number of nitrogens with zero attached hydrogens (tertiary/aromatic N) is 2. The number of hydrogen-bond donors (Lipinski definition) is 1. The van der Waals surface area contributed by atoms with Gasteiger partial charge in [-0.05, 0) is 25.1 Å². The van der Waals surface area contributed by atoms with Gasteiger partial charge in [-0.2, -0.15) is 0 Å². The monoisotopic (exact) mass is 263 g/mol. The maximum Gasteiger partial charge on any atom is 0.209 e. The van der Waals surface area contributed by atoms with E-state index in [1.54, 1.807) is 38.2 Å². The third kappa shape index (κ3) is 2.33. The van der Waals surface area contributed by atoms with Crippen LogP contribution in [0.4, 0.5) is 5.69 Å². The molecule has 0 unspecified atom stereocenters. The van der Waals surface area contributed by atoms with Gasteiger partial charge >= 0.3 is 0 Å². The number of hydrogen-bond acceptors (Lipinski definition) is 5. The lowest BCUT2D eigenvalue weighted by atomic mass is 10.3. The van der Waals surface area contributed by atoms with Gasteiger partial charge < -0.3 is 5.32 Å². The maximum atomic E-state index is 12.3. The number of rotatable bonds is 3. The third-order valence-electron chi connectivity index (χ3n) is 2.50. The van der Waals surface area contributed by atoms with Crippen LogP contribution in [0.3, 0.4) is 0 Å². The standard InChI is InChI=1S/C12H13N3O2S/c1-9-14-7-12(8-15-9)18(16,17)11-5-3-4-10(6-11)13-2/h3-8,13H,1-2H3. The summed E-state index contributed by atoms with van der Waals surface area (Å²) in [6, 6.07) is 6.61. The molecule has 18 heavy (non-hydrogen) atoms. The van der Waals surface area contributed by atoms with Gasteiger partial charge in [-0.3, -0.25) is 0 Å². The van der Waals surface area contributed by atoms with Crippen molar-refractivity contribution in [1.82, 2.24) is 9.97 Å². The molecule has 2 aromatic rings. The Morgan fingerprint density at radius 1 is 1.11 bits per heavy atom. The highest BCUT2D eigenvalue weighted by molar-refractivity contribution is 7.91. The van der Waals surface area contributed by atoms with Gasteiger partial charge in [0.15, 0.2) is 0 Å². The van der Waals surface area contributed by atoms with E-state index < -0.39 is 9.84 Å². The van der Waals surface area contributed by atoms with E-state index in [-0.39, 0.29) is 9.79 Å². The van der Waals surface area contributed by atoms with E-state index in [1.807, 2.05) is 0 Å². The van der Waals surface area contributed by atoms with Crippen molar-refractivity contribution in [1.29, 1.82) is 0 Å². The first-order chi connectivity index (χ1) is 8.54. The van der Waals surface area contributed by atoms with E-state index >= 15 is 0 Å². The van der Waals surface area contributed by atoms with Crippen LogP contribution in [0, 0.1) is 6.92 Å². The second-order valence-electron chi connectivity index (χ2n) is 3.75. The molecular formula is C12H13N3O2S. The average molecular weight is 263 g/mol. The van der Waals surface area contributed by atoms with Gasteiger partial charge in [-0.15, -0.1) is 0 Å². The fourth-order valence-corrected chi connectivity index (χ4v) is 2.67. The van der Waals surface area contributed by atoms with Crippen LogP contribution < -0.4 is 5.32 Å². The van der Waals surface area contributed by atoms with Crippen molar-refractivity contribution in [3.05, 3.63) is 42.5 Å². The first-order valence-corrected chi connectivity index (χ1v) is 6.84. The van der Waals surface area contributed by atoms with Gasteiger partial charge in [-0.25, -0.2) is 18.4 Å². The summed E-state index contributed by atoms with van der Waals surface area (Å²) in [5.41, 5.74) is 0.740. The van der Waals surface area contributed by atoms with Gasteiger partial charge in [0.2, 0.25) is 9.84 Å². The largest absolute Gasteiger partial charge is 0.388 e. The number of aromatic nitrogens is 2. The second kappa shape index (κ2) is 4.73. The van der Waals surface area contributed by atoms with Gasteiger partial charge in [0.25, 0.3) is 0 Å². The second-order valence-corrected chi connectivity index (χ2v) is 5.70. The van der Waals surface area contributed by atoms with Crippen molar-refractivity contribution in [2.45, 2.75) is 16.7 Å². The summed E-state index contributed by atoms with van der Waals surface area (Å²) in [6.07, 6.45) is 2.65. The molecular weight excluding hydrogens is 250 g/mol. The number of nitrogens with one attached hydrogen (secondary N) is 1.